The summed E-state index contributed by atoms with van der Waals surface area (Å²) in [6.07, 6.45) is 1.50. The Hall–Kier alpha value is -2.57. The Balaban J connectivity index is 1.60. The van der Waals surface area contributed by atoms with Crippen LogP contribution in [0.4, 0.5) is 28.8 Å². The van der Waals surface area contributed by atoms with Crippen LogP contribution in [0.2, 0.25) is 5.02 Å². The summed E-state index contributed by atoms with van der Waals surface area (Å²) < 4.78 is 31.4. The number of rotatable bonds is 8. The Morgan fingerprint density at radius 3 is 2.24 bits per heavy atom. The fraction of sp³-hybridized carbons (Fsp3) is 0.385. The second-order valence-electron chi connectivity index (χ2n) is 10.2. The van der Waals surface area contributed by atoms with E-state index < -0.39 is 14.3 Å². The molecule has 1 aliphatic rings. The van der Waals surface area contributed by atoms with E-state index in [1.165, 1.54) is 6.20 Å². The molecular formula is C26H35ClN6O3P2. The number of hydrogen-bond acceptors (Lipinski definition) is 9. The number of piperazine rings is 1. The van der Waals surface area contributed by atoms with Gasteiger partial charge in [-0.3, -0.25) is 0 Å². The van der Waals surface area contributed by atoms with E-state index in [0.717, 1.165) is 37.6 Å². The van der Waals surface area contributed by atoms with Gasteiger partial charge >= 0.3 is 0 Å². The molecule has 1 aliphatic heterocycles. The summed E-state index contributed by atoms with van der Waals surface area (Å²) in [7, 11) is -1.47. The van der Waals surface area contributed by atoms with E-state index >= 15 is 0 Å². The zero-order chi connectivity index (χ0) is 27.7. The van der Waals surface area contributed by atoms with Crippen molar-refractivity contribution in [3.8, 4) is 5.75 Å². The van der Waals surface area contributed by atoms with E-state index in [9.17, 15) is 9.13 Å². The highest BCUT2D eigenvalue weighted by atomic mass is 35.5. The summed E-state index contributed by atoms with van der Waals surface area (Å²) in [5, 5.41) is 8.00. The zero-order valence-corrected chi connectivity index (χ0v) is 25.2. The molecule has 38 heavy (non-hydrogen) atoms. The van der Waals surface area contributed by atoms with Gasteiger partial charge in [0.25, 0.3) is 0 Å². The Morgan fingerprint density at radius 2 is 1.61 bits per heavy atom. The smallest absolute Gasteiger partial charge is 0.229 e. The fourth-order valence-electron chi connectivity index (χ4n) is 4.21. The molecule has 0 saturated carbocycles. The maximum absolute atomic E-state index is 13.1. The summed E-state index contributed by atoms with van der Waals surface area (Å²) in [6, 6.07) is 11.3. The lowest BCUT2D eigenvalue weighted by Crippen LogP contribution is -2.44. The minimum Gasteiger partial charge on any atom is -0.494 e. The molecule has 2 aromatic carbocycles. The third-order valence-corrected chi connectivity index (χ3v) is 9.81. The number of likely N-dealkylation sites (N-methyl/N-ethyl adjacent to an activating group) is 1. The number of halogens is 1. The van der Waals surface area contributed by atoms with Crippen LogP contribution in [0.1, 0.15) is 0 Å². The van der Waals surface area contributed by atoms with Gasteiger partial charge in [0.15, 0.2) is 5.82 Å². The molecule has 0 aliphatic carbocycles. The molecule has 2 N–H and O–H groups in total. The van der Waals surface area contributed by atoms with E-state index in [4.69, 9.17) is 16.3 Å². The Morgan fingerprint density at radius 1 is 0.921 bits per heavy atom. The van der Waals surface area contributed by atoms with Crippen molar-refractivity contribution in [1.82, 2.24) is 14.9 Å². The molecule has 1 saturated heterocycles. The fourth-order valence-corrected chi connectivity index (χ4v) is 6.49. The van der Waals surface area contributed by atoms with Crippen molar-refractivity contribution in [3.05, 3.63) is 47.6 Å². The highest BCUT2D eigenvalue weighted by Gasteiger charge is 2.22. The predicted molar refractivity (Wildman–Crippen MR) is 161 cm³/mol. The number of nitrogens with one attached hydrogen (secondary N) is 2. The third kappa shape index (κ3) is 6.70. The van der Waals surface area contributed by atoms with Crippen LogP contribution in [-0.4, -0.2) is 81.9 Å². The first-order chi connectivity index (χ1) is 17.8. The van der Waals surface area contributed by atoms with Crippen molar-refractivity contribution in [2.45, 2.75) is 0 Å². The molecule has 0 atom stereocenters. The number of nitrogens with zero attached hydrogens (tertiary/aromatic N) is 4. The molecule has 12 heteroatoms. The van der Waals surface area contributed by atoms with Gasteiger partial charge in [0.05, 0.1) is 24.7 Å². The van der Waals surface area contributed by atoms with Gasteiger partial charge in [-0.2, -0.15) is 4.98 Å². The van der Waals surface area contributed by atoms with Gasteiger partial charge < -0.3 is 34.3 Å². The minimum atomic E-state index is -2.71. The van der Waals surface area contributed by atoms with Crippen LogP contribution in [0.3, 0.4) is 0 Å². The van der Waals surface area contributed by atoms with E-state index in [1.54, 1.807) is 52.0 Å². The molecular weight excluding hydrogens is 542 g/mol. The molecule has 9 nitrogen and oxygen atoms in total. The van der Waals surface area contributed by atoms with Crippen LogP contribution in [0.5, 0.6) is 5.75 Å². The summed E-state index contributed by atoms with van der Waals surface area (Å²) in [6.45, 7) is 10.7. The van der Waals surface area contributed by atoms with Crippen LogP contribution >= 0.6 is 25.9 Å². The molecule has 0 bridgehead atoms. The molecule has 0 radical (unpaired) electrons. The predicted octanol–water partition coefficient (Wildman–Crippen LogP) is 4.87. The average molecular weight is 577 g/mol. The lowest BCUT2D eigenvalue weighted by atomic mass is 10.2. The third-order valence-electron chi connectivity index (χ3n) is 6.48. The molecule has 0 amide bonds. The Labute approximate surface area is 229 Å². The van der Waals surface area contributed by atoms with Crippen molar-refractivity contribution in [1.29, 1.82) is 0 Å². The minimum absolute atomic E-state index is 0.307. The van der Waals surface area contributed by atoms with Gasteiger partial charge in [-0.05, 0) is 64.0 Å². The summed E-state index contributed by atoms with van der Waals surface area (Å²) in [4.78, 5) is 13.6. The van der Waals surface area contributed by atoms with Crippen LogP contribution in [-0.2, 0) is 9.13 Å². The van der Waals surface area contributed by atoms with Gasteiger partial charge in [-0.1, -0.05) is 11.6 Å². The quantitative estimate of drug-likeness (QED) is 0.364. The number of aromatic nitrogens is 2. The molecule has 0 unspecified atom stereocenters. The summed E-state index contributed by atoms with van der Waals surface area (Å²) >= 11 is 6.43. The largest absolute Gasteiger partial charge is 0.494 e. The van der Waals surface area contributed by atoms with Crippen molar-refractivity contribution < 1.29 is 13.9 Å². The molecule has 1 fully saturated rings. The van der Waals surface area contributed by atoms with Crippen LogP contribution < -0.4 is 30.9 Å². The number of ether oxygens (including phenoxy) is 1. The molecule has 2 heterocycles. The SMILES string of the molecule is COc1cc(N2CCN(C)CC2)ccc1Nc1ncc(Cl)c(Nc2ccc(P(C)(C)=O)cc2P(C)(C)=O)n1. The first kappa shape index (κ1) is 28.4. The van der Waals surface area contributed by atoms with E-state index in [1.807, 2.05) is 12.1 Å². The van der Waals surface area contributed by atoms with Gasteiger partial charge in [0.2, 0.25) is 5.95 Å². The number of benzene rings is 2. The summed E-state index contributed by atoms with van der Waals surface area (Å²) in [5.74, 6) is 1.35. The normalized spacial score (nSPS) is 14.9. The Bertz CT molecular complexity index is 1420. The van der Waals surface area contributed by atoms with Gasteiger partial charge in [-0.25, -0.2) is 4.98 Å². The van der Waals surface area contributed by atoms with E-state index in [0.29, 0.717) is 38.8 Å². The number of hydrogen-bond donors (Lipinski definition) is 2. The highest BCUT2D eigenvalue weighted by Crippen LogP contribution is 2.42. The molecule has 3 aromatic rings. The lowest BCUT2D eigenvalue weighted by Gasteiger charge is -2.34. The second kappa shape index (κ2) is 11.3. The first-order valence-electron chi connectivity index (χ1n) is 12.3. The highest BCUT2D eigenvalue weighted by molar-refractivity contribution is 7.71. The number of methoxy groups -OCH3 is 1. The average Bonchev–Trinajstić information content (AvgIpc) is 2.85. The molecule has 0 spiro atoms. The van der Waals surface area contributed by atoms with Gasteiger partial charge in [0.1, 0.15) is 25.1 Å². The van der Waals surface area contributed by atoms with Crippen molar-refractivity contribution in [2.75, 3.05) is 82.5 Å². The zero-order valence-electron chi connectivity index (χ0n) is 22.7. The Kier molecular flexibility index (Phi) is 8.43. The lowest BCUT2D eigenvalue weighted by molar-refractivity contribution is 0.312. The van der Waals surface area contributed by atoms with Crippen LogP contribution in [0.15, 0.2) is 42.6 Å². The van der Waals surface area contributed by atoms with Crippen molar-refractivity contribution in [2.24, 2.45) is 0 Å². The van der Waals surface area contributed by atoms with Crippen molar-refractivity contribution >= 4 is 65.3 Å². The molecule has 4 rings (SSSR count). The number of anilines is 5. The van der Waals surface area contributed by atoms with Gasteiger partial charge in [0, 0.05) is 48.5 Å². The van der Waals surface area contributed by atoms with Crippen LogP contribution in [0.25, 0.3) is 0 Å². The van der Waals surface area contributed by atoms with E-state index in [-0.39, 0.29) is 0 Å². The molecule has 1 aromatic heterocycles. The standard InChI is InChI=1S/C26H35ClN6O3P2/c1-32-11-13-33(14-12-32)18-7-9-21(23(15-18)36-2)30-26-28-17-20(27)25(31-26)29-22-10-8-19(37(3,4)34)16-24(22)38(5,6)35/h7-10,15-17H,11-14H2,1-6H3,(H2,28,29,30,31). The maximum Gasteiger partial charge on any atom is 0.229 e. The maximum atomic E-state index is 13.1. The topological polar surface area (TPSA) is 99.7 Å². The second-order valence-corrected chi connectivity index (χ2v) is 17.0. The molecule has 204 valence electrons. The first-order valence-corrected chi connectivity index (χ1v) is 17.9. The van der Waals surface area contributed by atoms with Crippen LogP contribution in [0, 0.1) is 0 Å². The monoisotopic (exact) mass is 576 g/mol. The van der Waals surface area contributed by atoms with Crippen molar-refractivity contribution in [3.63, 3.8) is 0 Å². The summed E-state index contributed by atoms with van der Waals surface area (Å²) in [5.41, 5.74) is 2.41. The van der Waals surface area contributed by atoms with E-state index in [2.05, 4.69) is 43.5 Å². The van der Waals surface area contributed by atoms with Gasteiger partial charge in [-0.15, -0.1) is 0 Å².